The van der Waals surface area contributed by atoms with Crippen molar-refractivity contribution >= 4 is 27.2 Å². The van der Waals surface area contributed by atoms with Crippen molar-refractivity contribution in [3.05, 3.63) is 83.9 Å². The molecular formula is C23H16F3NO4S. The molecule has 4 rings (SSSR count). The van der Waals surface area contributed by atoms with Gasteiger partial charge in [-0.25, -0.2) is 12.4 Å². The highest BCUT2D eigenvalue weighted by molar-refractivity contribution is 7.90. The summed E-state index contributed by atoms with van der Waals surface area (Å²) in [6.07, 6.45) is -4.54. The van der Waals surface area contributed by atoms with Crippen LogP contribution in [0.1, 0.15) is 15.9 Å². The third-order valence-corrected chi connectivity index (χ3v) is 6.77. The molecule has 0 aliphatic carbocycles. The molecule has 0 aliphatic rings. The molecule has 0 N–H and O–H groups in total. The van der Waals surface area contributed by atoms with Crippen LogP contribution in [0.25, 0.3) is 22.2 Å². The van der Waals surface area contributed by atoms with Crippen molar-refractivity contribution in [2.75, 3.05) is 7.11 Å². The number of aromatic nitrogens is 1. The lowest BCUT2D eigenvalue weighted by Gasteiger charge is -2.17. The Morgan fingerprint density at radius 1 is 0.938 bits per heavy atom. The van der Waals surface area contributed by atoms with Crippen molar-refractivity contribution in [2.24, 2.45) is 0 Å². The molecule has 0 saturated heterocycles. The Morgan fingerprint density at radius 3 is 2.28 bits per heavy atom. The number of rotatable bonds is 5. The van der Waals surface area contributed by atoms with E-state index in [-0.39, 0.29) is 28.0 Å². The lowest BCUT2D eigenvalue weighted by molar-refractivity contribution is -0.137. The highest BCUT2D eigenvalue weighted by Gasteiger charge is 2.37. The third kappa shape index (κ3) is 3.54. The maximum Gasteiger partial charge on any atom is 0.417 e. The number of carbonyl (C=O) groups is 1. The van der Waals surface area contributed by atoms with Crippen LogP contribution in [0, 0.1) is 0 Å². The highest BCUT2D eigenvalue weighted by Crippen LogP contribution is 2.42. The summed E-state index contributed by atoms with van der Waals surface area (Å²) < 4.78 is 74.8. The number of hydrogen-bond acceptors (Lipinski definition) is 4. The van der Waals surface area contributed by atoms with Crippen LogP contribution in [0.15, 0.2) is 77.7 Å². The van der Waals surface area contributed by atoms with E-state index in [9.17, 15) is 26.4 Å². The Kier molecular flexibility index (Phi) is 5.29. The molecule has 0 saturated carbocycles. The van der Waals surface area contributed by atoms with Crippen molar-refractivity contribution in [1.29, 1.82) is 0 Å². The molecule has 0 radical (unpaired) electrons. The molecular weight excluding hydrogens is 443 g/mol. The van der Waals surface area contributed by atoms with Crippen molar-refractivity contribution < 1.29 is 31.1 Å². The topological polar surface area (TPSA) is 65.4 Å². The Labute approximate surface area is 181 Å². The lowest BCUT2D eigenvalue weighted by Crippen LogP contribution is -2.16. The van der Waals surface area contributed by atoms with Gasteiger partial charge in [-0.05, 0) is 42.5 Å². The maximum atomic E-state index is 13.9. The van der Waals surface area contributed by atoms with E-state index in [0.29, 0.717) is 11.1 Å². The van der Waals surface area contributed by atoms with E-state index < -0.39 is 27.3 Å². The smallest absolute Gasteiger partial charge is 0.417 e. The van der Waals surface area contributed by atoms with Gasteiger partial charge in [0.25, 0.3) is 10.0 Å². The number of ether oxygens (including phenoxy) is 1. The van der Waals surface area contributed by atoms with Crippen molar-refractivity contribution in [1.82, 2.24) is 3.97 Å². The predicted molar refractivity (Wildman–Crippen MR) is 113 cm³/mol. The standard InChI is InChI=1S/C23H16F3NO4S/c1-31-17-10-11-20-16(12-17)13-21(27(20)32(29,30)18-7-3-2-4-8-18)22-15(14-28)6-5-9-19(22)23(24,25)26/h2-14H,1H3. The first-order valence-electron chi connectivity index (χ1n) is 9.34. The average molecular weight is 459 g/mol. The number of nitrogens with zero attached hydrogens (tertiary/aromatic N) is 1. The number of alkyl halides is 3. The maximum absolute atomic E-state index is 13.9. The van der Waals surface area contributed by atoms with Gasteiger partial charge in [0.15, 0.2) is 6.29 Å². The summed E-state index contributed by atoms with van der Waals surface area (Å²) in [6.45, 7) is 0. The number of methoxy groups -OCH3 is 1. The second-order valence-electron chi connectivity index (χ2n) is 6.92. The summed E-state index contributed by atoms with van der Waals surface area (Å²) in [5, 5.41) is 0.340. The highest BCUT2D eigenvalue weighted by atomic mass is 32.2. The molecule has 0 amide bonds. The van der Waals surface area contributed by atoms with Gasteiger partial charge in [-0.1, -0.05) is 30.3 Å². The van der Waals surface area contributed by atoms with Crippen LogP contribution in [0.3, 0.4) is 0 Å². The second-order valence-corrected chi connectivity index (χ2v) is 8.71. The van der Waals surface area contributed by atoms with E-state index in [0.717, 1.165) is 16.1 Å². The van der Waals surface area contributed by atoms with Crippen molar-refractivity contribution in [3.63, 3.8) is 0 Å². The summed E-state index contributed by atoms with van der Waals surface area (Å²) >= 11 is 0. The molecule has 0 spiro atoms. The van der Waals surface area contributed by atoms with E-state index in [1.807, 2.05) is 0 Å². The molecule has 9 heteroatoms. The molecule has 0 bridgehead atoms. The number of benzene rings is 3. The zero-order valence-corrected chi connectivity index (χ0v) is 17.4. The van der Waals surface area contributed by atoms with E-state index in [1.165, 1.54) is 61.7 Å². The van der Waals surface area contributed by atoms with Gasteiger partial charge < -0.3 is 4.74 Å². The minimum Gasteiger partial charge on any atom is -0.497 e. The van der Waals surface area contributed by atoms with E-state index >= 15 is 0 Å². The zero-order chi connectivity index (χ0) is 23.1. The first kappa shape index (κ1) is 21.6. The van der Waals surface area contributed by atoms with E-state index in [1.54, 1.807) is 6.07 Å². The van der Waals surface area contributed by atoms with Gasteiger partial charge in [0.1, 0.15) is 5.75 Å². The fraction of sp³-hybridized carbons (Fsp3) is 0.0870. The van der Waals surface area contributed by atoms with Gasteiger partial charge in [-0.15, -0.1) is 0 Å². The number of aldehydes is 1. The quantitative estimate of drug-likeness (QED) is 0.376. The number of hydrogen-bond donors (Lipinski definition) is 0. The first-order valence-corrected chi connectivity index (χ1v) is 10.8. The third-order valence-electron chi connectivity index (χ3n) is 5.03. The Bertz CT molecular complexity index is 1430. The first-order chi connectivity index (χ1) is 15.2. The van der Waals surface area contributed by atoms with Crippen molar-refractivity contribution in [2.45, 2.75) is 11.1 Å². The second kappa shape index (κ2) is 7.83. The Balaban J connectivity index is 2.17. The van der Waals surface area contributed by atoms with Crippen LogP contribution in [0.2, 0.25) is 0 Å². The SMILES string of the molecule is COc1ccc2c(c1)cc(-c1c(C=O)cccc1C(F)(F)F)n2S(=O)(=O)c1ccccc1. The van der Waals surface area contributed by atoms with Crippen molar-refractivity contribution in [3.8, 4) is 17.0 Å². The van der Waals surface area contributed by atoms with Gasteiger partial charge in [0.05, 0.1) is 28.8 Å². The Morgan fingerprint density at radius 2 is 1.66 bits per heavy atom. The van der Waals surface area contributed by atoms with Gasteiger partial charge in [-0.3, -0.25) is 4.79 Å². The number of carbonyl (C=O) groups excluding carboxylic acids is 1. The normalized spacial score (nSPS) is 12.1. The van der Waals surface area contributed by atoms with Gasteiger partial charge in [0, 0.05) is 16.5 Å². The lowest BCUT2D eigenvalue weighted by atomic mass is 9.98. The van der Waals surface area contributed by atoms with E-state index in [2.05, 4.69) is 0 Å². The van der Waals surface area contributed by atoms with E-state index in [4.69, 9.17) is 4.74 Å². The molecule has 0 unspecified atom stereocenters. The summed E-state index contributed by atoms with van der Waals surface area (Å²) in [5.74, 6) is 0.401. The molecule has 1 aromatic heterocycles. The van der Waals surface area contributed by atoms with Gasteiger partial charge in [0.2, 0.25) is 0 Å². The predicted octanol–water partition coefficient (Wildman–Crippen LogP) is 5.39. The molecule has 32 heavy (non-hydrogen) atoms. The summed E-state index contributed by atoms with van der Waals surface area (Å²) in [5.41, 5.74) is -2.02. The minimum absolute atomic E-state index is 0.105. The summed E-state index contributed by atoms with van der Waals surface area (Å²) in [7, 11) is -2.90. The summed E-state index contributed by atoms with van der Waals surface area (Å²) in [6, 6.07) is 16.3. The van der Waals surface area contributed by atoms with Crippen LogP contribution in [-0.2, 0) is 16.2 Å². The minimum atomic E-state index is -4.82. The molecule has 0 atom stereocenters. The van der Waals surface area contributed by atoms with Crippen LogP contribution >= 0.6 is 0 Å². The fourth-order valence-electron chi connectivity index (χ4n) is 3.62. The average Bonchev–Trinajstić information content (AvgIpc) is 3.17. The zero-order valence-electron chi connectivity index (χ0n) is 16.6. The fourth-order valence-corrected chi connectivity index (χ4v) is 5.16. The van der Waals surface area contributed by atoms with Crippen LogP contribution in [0.5, 0.6) is 5.75 Å². The molecule has 4 aromatic rings. The Hall–Kier alpha value is -3.59. The molecule has 0 fully saturated rings. The molecule has 0 aliphatic heterocycles. The summed E-state index contributed by atoms with van der Waals surface area (Å²) in [4.78, 5) is 11.6. The molecule has 1 heterocycles. The number of halogens is 3. The number of fused-ring (bicyclic) bond motifs is 1. The van der Waals surface area contributed by atoms with Gasteiger partial charge in [-0.2, -0.15) is 13.2 Å². The van der Waals surface area contributed by atoms with Crippen LogP contribution < -0.4 is 4.74 Å². The molecule has 164 valence electrons. The van der Waals surface area contributed by atoms with Gasteiger partial charge >= 0.3 is 6.18 Å². The van der Waals surface area contributed by atoms with Crippen LogP contribution in [-0.4, -0.2) is 25.8 Å². The largest absolute Gasteiger partial charge is 0.497 e. The molecule has 3 aromatic carbocycles. The molecule has 5 nitrogen and oxygen atoms in total. The monoisotopic (exact) mass is 459 g/mol. The van der Waals surface area contributed by atoms with Crippen LogP contribution in [0.4, 0.5) is 13.2 Å².